The van der Waals surface area contributed by atoms with Crippen LogP contribution in [0.1, 0.15) is 12.5 Å². The van der Waals surface area contributed by atoms with E-state index in [-0.39, 0.29) is 6.10 Å². The van der Waals surface area contributed by atoms with Gasteiger partial charge >= 0.3 is 0 Å². The molecular formula is C15H24N2O3S. The molecule has 0 N–H and O–H groups in total. The Morgan fingerprint density at radius 3 is 2.57 bits per heavy atom. The van der Waals surface area contributed by atoms with Crippen molar-refractivity contribution in [3.8, 4) is 0 Å². The summed E-state index contributed by atoms with van der Waals surface area (Å²) in [4.78, 5) is 2.50. The van der Waals surface area contributed by atoms with Gasteiger partial charge in [-0.2, -0.15) is 4.31 Å². The van der Waals surface area contributed by atoms with E-state index in [0.29, 0.717) is 18.0 Å². The van der Waals surface area contributed by atoms with E-state index in [1.807, 2.05) is 26.1 Å². The fourth-order valence-corrected chi connectivity index (χ4v) is 3.64. The van der Waals surface area contributed by atoms with Crippen molar-refractivity contribution in [2.45, 2.75) is 24.3 Å². The van der Waals surface area contributed by atoms with Gasteiger partial charge in [0.1, 0.15) is 0 Å². The molecule has 1 atom stereocenters. The fourth-order valence-electron chi connectivity index (χ4n) is 2.44. The maximum absolute atomic E-state index is 12.5. The summed E-state index contributed by atoms with van der Waals surface area (Å²) in [5.74, 6) is 0. The van der Waals surface area contributed by atoms with Crippen LogP contribution < -0.4 is 0 Å². The van der Waals surface area contributed by atoms with Crippen LogP contribution in [0.4, 0.5) is 0 Å². The summed E-state index contributed by atoms with van der Waals surface area (Å²) in [5.41, 5.74) is 1.13. The van der Waals surface area contributed by atoms with Crippen molar-refractivity contribution in [2.24, 2.45) is 0 Å². The maximum atomic E-state index is 12.5. The first kappa shape index (κ1) is 16.4. The Balaban J connectivity index is 2.06. The van der Waals surface area contributed by atoms with Gasteiger partial charge in [0.2, 0.25) is 10.0 Å². The fraction of sp³-hybridized carbons (Fsp3) is 0.600. The van der Waals surface area contributed by atoms with E-state index in [2.05, 4.69) is 4.90 Å². The van der Waals surface area contributed by atoms with Crippen LogP contribution in [0.5, 0.6) is 0 Å². The van der Waals surface area contributed by atoms with Gasteiger partial charge in [-0.1, -0.05) is 19.1 Å². The molecule has 1 fully saturated rings. The van der Waals surface area contributed by atoms with Gasteiger partial charge in [0.05, 0.1) is 17.6 Å². The highest BCUT2D eigenvalue weighted by Crippen LogP contribution is 2.17. The Bertz CT molecular complexity index is 557. The van der Waals surface area contributed by atoms with Gasteiger partial charge in [-0.05, 0) is 31.2 Å². The van der Waals surface area contributed by atoms with Crippen molar-refractivity contribution in [1.29, 1.82) is 0 Å². The first-order valence-corrected chi connectivity index (χ1v) is 8.73. The Hall–Kier alpha value is -0.950. The molecule has 1 saturated heterocycles. The zero-order valence-corrected chi connectivity index (χ0v) is 13.8. The Labute approximate surface area is 127 Å². The summed E-state index contributed by atoms with van der Waals surface area (Å²) in [6.45, 7) is 4.73. The normalized spacial score (nSPS) is 20.9. The number of morpholine rings is 1. The summed E-state index contributed by atoms with van der Waals surface area (Å²) in [6, 6.07) is 7.09. The van der Waals surface area contributed by atoms with Crippen LogP contribution in [-0.4, -0.2) is 64.1 Å². The molecule has 5 nitrogen and oxygen atoms in total. The van der Waals surface area contributed by atoms with Gasteiger partial charge in [0, 0.05) is 26.7 Å². The highest BCUT2D eigenvalue weighted by Gasteiger charge is 2.26. The van der Waals surface area contributed by atoms with Crippen molar-refractivity contribution in [1.82, 2.24) is 9.21 Å². The Morgan fingerprint density at radius 1 is 1.33 bits per heavy atom. The summed E-state index contributed by atoms with van der Waals surface area (Å²) in [6.07, 6.45) is 0.830. The number of hydrogen-bond acceptors (Lipinski definition) is 4. The smallest absolute Gasteiger partial charge is 0.242 e. The molecule has 0 aliphatic carbocycles. The topological polar surface area (TPSA) is 49.9 Å². The van der Waals surface area contributed by atoms with Crippen molar-refractivity contribution in [2.75, 3.05) is 40.3 Å². The van der Waals surface area contributed by atoms with E-state index in [0.717, 1.165) is 25.1 Å². The van der Waals surface area contributed by atoms with Gasteiger partial charge in [0.25, 0.3) is 0 Å². The van der Waals surface area contributed by atoms with Crippen LogP contribution in [0.15, 0.2) is 29.2 Å². The summed E-state index contributed by atoms with van der Waals surface area (Å²) in [7, 11) is 0.187. The van der Waals surface area contributed by atoms with Crippen LogP contribution in [0.25, 0.3) is 0 Å². The number of rotatable bonds is 5. The largest absolute Gasteiger partial charge is 0.374 e. The maximum Gasteiger partial charge on any atom is 0.242 e. The number of benzene rings is 1. The van der Waals surface area contributed by atoms with Crippen molar-refractivity contribution < 1.29 is 13.2 Å². The van der Waals surface area contributed by atoms with Gasteiger partial charge in [-0.15, -0.1) is 0 Å². The third kappa shape index (κ3) is 4.03. The summed E-state index contributed by atoms with van der Waals surface area (Å²) >= 11 is 0. The number of hydrogen-bond donors (Lipinski definition) is 0. The second-order valence-corrected chi connectivity index (χ2v) is 7.58. The molecule has 0 spiro atoms. The summed E-state index contributed by atoms with van der Waals surface area (Å²) < 4.78 is 32.1. The molecule has 0 aromatic heterocycles. The van der Waals surface area contributed by atoms with E-state index in [1.165, 1.54) is 4.31 Å². The van der Waals surface area contributed by atoms with Crippen LogP contribution in [0.2, 0.25) is 0 Å². The molecule has 21 heavy (non-hydrogen) atoms. The number of nitrogens with zero attached hydrogens (tertiary/aromatic N) is 2. The Morgan fingerprint density at radius 2 is 2.00 bits per heavy atom. The van der Waals surface area contributed by atoms with Gasteiger partial charge in [-0.25, -0.2) is 8.42 Å². The number of aryl methyl sites for hydroxylation is 1. The van der Waals surface area contributed by atoms with E-state index in [1.54, 1.807) is 19.2 Å². The predicted molar refractivity (Wildman–Crippen MR) is 82.9 cm³/mol. The minimum atomic E-state index is -3.45. The molecule has 1 aliphatic rings. The van der Waals surface area contributed by atoms with E-state index < -0.39 is 10.0 Å². The van der Waals surface area contributed by atoms with E-state index in [4.69, 9.17) is 4.74 Å². The zero-order chi connectivity index (χ0) is 15.5. The van der Waals surface area contributed by atoms with Crippen molar-refractivity contribution in [3.05, 3.63) is 29.8 Å². The molecule has 1 heterocycles. The minimum absolute atomic E-state index is 0.0709. The molecule has 0 saturated carbocycles. The monoisotopic (exact) mass is 312 g/mol. The molecule has 0 amide bonds. The van der Waals surface area contributed by atoms with E-state index in [9.17, 15) is 8.42 Å². The van der Waals surface area contributed by atoms with Crippen molar-refractivity contribution in [3.63, 3.8) is 0 Å². The molecule has 1 unspecified atom stereocenters. The molecule has 1 aromatic rings. The van der Waals surface area contributed by atoms with Gasteiger partial charge < -0.3 is 9.64 Å². The van der Waals surface area contributed by atoms with Crippen LogP contribution in [0, 0.1) is 0 Å². The SMILES string of the molecule is CCc1ccc(S(=O)(=O)N(C)CC2CN(C)CCO2)cc1. The zero-order valence-electron chi connectivity index (χ0n) is 12.9. The Kier molecular flexibility index (Phi) is 5.37. The van der Waals surface area contributed by atoms with Crippen LogP contribution in [-0.2, 0) is 21.2 Å². The number of sulfonamides is 1. The highest BCUT2D eigenvalue weighted by atomic mass is 32.2. The minimum Gasteiger partial charge on any atom is -0.374 e. The predicted octanol–water partition coefficient (Wildman–Crippen LogP) is 1.20. The van der Waals surface area contributed by atoms with Crippen LogP contribution in [0.3, 0.4) is 0 Å². The molecule has 0 bridgehead atoms. The molecule has 6 heteroatoms. The number of likely N-dealkylation sites (N-methyl/N-ethyl adjacent to an activating group) is 2. The third-order valence-corrected chi connectivity index (χ3v) is 5.68. The second kappa shape index (κ2) is 6.87. The van der Waals surface area contributed by atoms with Gasteiger partial charge in [0.15, 0.2) is 0 Å². The van der Waals surface area contributed by atoms with Crippen LogP contribution >= 0.6 is 0 Å². The first-order chi connectivity index (χ1) is 9.93. The highest BCUT2D eigenvalue weighted by molar-refractivity contribution is 7.89. The average Bonchev–Trinajstić information content (AvgIpc) is 2.47. The first-order valence-electron chi connectivity index (χ1n) is 7.29. The van der Waals surface area contributed by atoms with E-state index >= 15 is 0 Å². The molecule has 0 radical (unpaired) electrons. The number of ether oxygens (including phenoxy) is 1. The van der Waals surface area contributed by atoms with Gasteiger partial charge in [-0.3, -0.25) is 0 Å². The third-order valence-electron chi connectivity index (χ3n) is 3.84. The molecule has 2 rings (SSSR count). The lowest BCUT2D eigenvalue weighted by atomic mass is 10.2. The standard InChI is InChI=1S/C15H24N2O3S/c1-4-13-5-7-15(8-6-13)21(18,19)17(3)12-14-11-16(2)9-10-20-14/h5-8,14H,4,9-12H2,1-3H3. The quantitative estimate of drug-likeness (QED) is 0.820. The molecule has 118 valence electrons. The second-order valence-electron chi connectivity index (χ2n) is 5.54. The molecular weight excluding hydrogens is 288 g/mol. The average molecular weight is 312 g/mol. The van der Waals surface area contributed by atoms with Crippen molar-refractivity contribution >= 4 is 10.0 Å². The lowest BCUT2D eigenvalue weighted by Crippen LogP contribution is -2.46. The lowest BCUT2D eigenvalue weighted by Gasteiger charge is -2.32. The molecule has 1 aromatic carbocycles. The summed E-state index contributed by atoms with van der Waals surface area (Å²) in [5, 5.41) is 0. The lowest BCUT2D eigenvalue weighted by molar-refractivity contribution is -0.0247. The molecule has 1 aliphatic heterocycles.